The molecule has 1 aliphatic carbocycles. The third-order valence-corrected chi connectivity index (χ3v) is 4.75. The summed E-state index contributed by atoms with van der Waals surface area (Å²) in [5.41, 5.74) is 1.01. The summed E-state index contributed by atoms with van der Waals surface area (Å²) in [6.45, 7) is 0. The molecule has 1 fully saturated rings. The Morgan fingerprint density at radius 1 is 0.710 bits per heavy atom. The molecule has 0 unspecified atom stereocenters. The molecule has 2 aromatic carbocycles. The first kappa shape index (κ1) is 21.8. The molecule has 2 aromatic rings. The zero-order valence-corrected chi connectivity index (χ0v) is 16.5. The number of carbonyl (C=O) groups is 2. The molecule has 0 spiro atoms. The lowest BCUT2D eigenvalue weighted by Crippen LogP contribution is -2.29. The smallest absolute Gasteiger partial charge is 0.331 e. The van der Waals surface area contributed by atoms with Crippen molar-refractivity contribution in [2.45, 2.75) is 31.5 Å². The highest BCUT2D eigenvalue weighted by molar-refractivity contribution is 5.88. The third kappa shape index (κ3) is 6.02. The van der Waals surface area contributed by atoms with Gasteiger partial charge >= 0.3 is 11.9 Å². The molecule has 162 valence electrons. The molecule has 0 bridgehead atoms. The number of rotatable bonds is 6. The molecule has 8 nitrogen and oxygen atoms in total. The number of phenols is 4. The second-order valence-electron chi connectivity index (χ2n) is 7.04. The van der Waals surface area contributed by atoms with Crippen molar-refractivity contribution in [3.8, 4) is 23.0 Å². The Labute approximate surface area is 178 Å². The second kappa shape index (κ2) is 9.71. The third-order valence-electron chi connectivity index (χ3n) is 4.75. The summed E-state index contributed by atoms with van der Waals surface area (Å²) in [6, 6.07) is 8.27. The van der Waals surface area contributed by atoms with E-state index in [9.17, 15) is 30.0 Å². The van der Waals surface area contributed by atoms with Gasteiger partial charge in [-0.05, 0) is 66.8 Å². The van der Waals surface area contributed by atoms with Crippen LogP contribution in [0.4, 0.5) is 0 Å². The lowest BCUT2D eigenvalue weighted by Gasteiger charge is -2.19. The highest BCUT2D eigenvalue weighted by atomic mass is 16.6. The molecule has 8 heteroatoms. The van der Waals surface area contributed by atoms with E-state index in [2.05, 4.69) is 0 Å². The lowest BCUT2D eigenvalue weighted by atomic mass is 10.2. The molecule has 0 heterocycles. The van der Waals surface area contributed by atoms with E-state index in [4.69, 9.17) is 9.47 Å². The van der Waals surface area contributed by atoms with Crippen LogP contribution in [0.15, 0.2) is 48.6 Å². The van der Waals surface area contributed by atoms with Crippen LogP contribution in [0.2, 0.25) is 0 Å². The van der Waals surface area contributed by atoms with Crippen molar-refractivity contribution in [2.75, 3.05) is 0 Å². The molecule has 3 rings (SSSR count). The summed E-state index contributed by atoms with van der Waals surface area (Å²) in [5.74, 6) is -2.34. The Kier molecular flexibility index (Phi) is 6.81. The van der Waals surface area contributed by atoms with Crippen molar-refractivity contribution in [2.24, 2.45) is 0 Å². The maximum Gasteiger partial charge on any atom is 0.331 e. The quantitative estimate of drug-likeness (QED) is 0.314. The Balaban J connectivity index is 1.53. The first-order chi connectivity index (χ1) is 14.8. The Morgan fingerprint density at radius 2 is 1.13 bits per heavy atom. The summed E-state index contributed by atoms with van der Waals surface area (Å²) in [6.07, 6.45) is 5.99. The summed E-state index contributed by atoms with van der Waals surface area (Å²) < 4.78 is 10.8. The molecule has 0 aromatic heterocycles. The molecule has 1 saturated carbocycles. The van der Waals surface area contributed by atoms with Crippen LogP contribution in [0.1, 0.15) is 30.4 Å². The van der Waals surface area contributed by atoms with E-state index in [1.807, 2.05) is 0 Å². The van der Waals surface area contributed by atoms with Crippen molar-refractivity contribution in [1.29, 1.82) is 0 Å². The first-order valence-electron chi connectivity index (χ1n) is 9.63. The number of phenolic OH excluding ortho intramolecular Hbond substituents is 4. The molecule has 0 amide bonds. The summed E-state index contributed by atoms with van der Waals surface area (Å²) in [4.78, 5) is 24.2. The van der Waals surface area contributed by atoms with Gasteiger partial charge in [0.1, 0.15) is 12.2 Å². The average Bonchev–Trinajstić information content (AvgIpc) is 3.16. The van der Waals surface area contributed by atoms with Crippen LogP contribution >= 0.6 is 0 Å². The van der Waals surface area contributed by atoms with E-state index in [0.717, 1.165) is 6.42 Å². The van der Waals surface area contributed by atoms with Gasteiger partial charge in [0.2, 0.25) is 0 Å². The van der Waals surface area contributed by atoms with Gasteiger partial charge < -0.3 is 29.9 Å². The standard InChI is InChI=1S/C23H22O8/c24-16-8-4-14(12-18(16)26)6-10-22(28)30-20-2-1-3-21(20)31-23(29)11-7-15-5-9-17(25)19(27)13-15/h4-13,20-21,24-27H,1-3H2/b10-6+,11-7+/t20-,21+. The van der Waals surface area contributed by atoms with E-state index < -0.39 is 24.1 Å². The maximum atomic E-state index is 12.1. The normalized spacial score (nSPS) is 18.5. The maximum absolute atomic E-state index is 12.1. The summed E-state index contributed by atoms with van der Waals surface area (Å²) in [5, 5.41) is 37.6. The topological polar surface area (TPSA) is 134 Å². The highest BCUT2D eigenvalue weighted by Crippen LogP contribution is 2.28. The van der Waals surface area contributed by atoms with Crippen molar-refractivity contribution in [3.05, 3.63) is 59.7 Å². The van der Waals surface area contributed by atoms with Gasteiger partial charge in [-0.1, -0.05) is 12.1 Å². The molecular formula is C23H22O8. The summed E-state index contributed by atoms with van der Waals surface area (Å²) >= 11 is 0. The van der Waals surface area contributed by atoms with Crippen molar-refractivity contribution in [1.82, 2.24) is 0 Å². The van der Waals surface area contributed by atoms with Crippen molar-refractivity contribution >= 4 is 24.1 Å². The first-order valence-corrected chi connectivity index (χ1v) is 9.63. The Hall–Kier alpha value is -3.94. The molecule has 1 aliphatic rings. The predicted octanol–water partition coefficient (Wildman–Crippen LogP) is 3.24. The lowest BCUT2D eigenvalue weighted by molar-refractivity contribution is -0.158. The van der Waals surface area contributed by atoms with Crippen LogP contribution in [-0.2, 0) is 19.1 Å². The van der Waals surface area contributed by atoms with E-state index >= 15 is 0 Å². The van der Waals surface area contributed by atoms with Crippen molar-refractivity contribution < 1.29 is 39.5 Å². The average molecular weight is 426 g/mol. The van der Waals surface area contributed by atoms with Gasteiger partial charge in [0.05, 0.1) is 0 Å². The fraction of sp³-hybridized carbons (Fsp3) is 0.217. The summed E-state index contributed by atoms with van der Waals surface area (Å²) in [7, 11) is 0. The van der Waals surface area contributed by atoms with Crippen LogP contribution in [0, 0.1) is 0 Å². The fourth-order valence-electron chi connectivity index (χ4n) is 3.16. The highest BCUT2D eigenvalue weighted by Gasteiger charge is 2.32. The number of aromatic hydroxyl groups is 4. The van der Waals surface area contributed by atoms with Gasteiger partial charge in [-0.15, -0.1) is 0 Å². The van der Waals surface area contributed by atoms with Gasteiger partial charge in [-0.25, -0.2) is 9.59 Å². The SMILES string of the molecule is O=C(/C=C/c1ccc(O)c(O)c1)O[C@H]1CCC[C@H]1OC(=O)/C=C/c1ccc(O)c(O)c1. The van der Waals surface area contributed by atoms with E-state index in [-0.39, 0.29) is 23.0 Å². The number of carbonyl (C=O) groups excluding carboxylic acids is 2. The largest absolute Gasteiger partial charge is 0.504 e. The van der Waals surface area contributed by atoms with Crippen LogP contribution in [0.25, 0.3) is 12.2 Å². The molecule has 0 saturated heterocycles. The molecular weight excluding hydrogens is 404 g/mol. The van der Waals surface area contributed by atoms with Gasteiger partial charge in [0.15, 0.2) is 23.0 Å². The van der Waals surface area contributed by atoms with E-state index in [1.165, 1.54) is 60.7 Å². The molecule has 0 aliphatic heterocycles. The van der Waals surface area contributed by atoms with Gasteiger partial charge in [0, 0.05) is 12.2 Å². The number of hydrogen-bond acceptors (Lipinski definition) is 8. The van der Waals surface area contributed by atoms with Gasteiger partial charge in [0.25, 0.3) is 0 Å². The number of esters is 2. The number of benzene rings is 2. The van der Waals surface area contributed by atoms with Crippen molar-refractivity contribution in [3.63, 3.8) is 0 Å². The minimum absolute atomic E-state index is 0.258. The number of hydrogen-bond donors (Lipinski definition) is 4. The molecule has 2 atom stereocenters. The van der Waals surface area contributed by atoms with Crippen LogP contribution in [-0.4, -0.2) is 44.6 Å². The van der Waals surface area contributed by atoms with Gasteiger partial charge in [-0.3, -0.25) is 0 Å². The minimum Gasteiger partial charge on any atom is -0.504 e. The van der Waals surface area contributed by atoms with Crippen LogP contribution in [0.3, 0.4) is 0 Å². The van der Waals surface area contributed by atoms with Crippen LogP contribution in [0.5, 0.6) is 23.0 Å². The van der Waals surface area contributed by atoms with E-state index in [0.29, 0.717) is 24.0 Å². The minimum atomic E-state index is -0.615. The zero-order valence-electron chi connectivity index (χ0n) is 16.5. The fourth-order valence-corrected chi connectivity index (χ4v) is 3.16. The van der Waals surface area contributed by atoms with Gasteiger partial charge in [-0.2, -0.15) is 0 Å². The second-order valence-corrected chi connectivity index (χ2v) is 7.04. The predicted molar refractivity (Wildman–Crippen MR) is 111 cm³/mol. The zero-order chi connectivity index (χ0) is 22.4. The van der Waals surface area contributed by atoms with Crippen LogP contribution < -0.4 is 0 Å². The Bertz CT molecular complexity index is 943. The molecule has 0 radical (unpaired) electrons. The molecule has 31 heavy (non-hydrogen) atoms. The molecule has 4 N–H and O–H groups in total. The van der Waals surface area contributed by atoms with E-state index in [1.54, 1.807) is 0 Å². The monoisotopic (exact) mass is 426 g/mol. The number of ether oxygens (including phenoxy) is 2. The Morgan fingerprint density at radius 3 is 1.52 bits per heavy atom.